The van der Waals surface area contributed by atoms with Crippen molar-refractivity contribution in [3.8, 4) is 0 Å². The van der Waals surface area contributed by atoms with Gasteiger partial charge in [0.05, 0.1) is 10.9 Å². The van der Waals surface area contributed by atoms with Gasteiger partial charge >= 0.3 is 0 Å². The van der Waals surface area contributed by atoms with Crippen molar-refractivity contribution in [2.45, 2.75) is 17.9 Å². The molecule has 0 spiro atoms. The summed E-state index contributed by atoms with van der Waals surface area (Å²) in [5.74, 6) is 1.03. The summed E-state index contributed by atoms with van der Waals surface area (Å²) < 4.78 is 27.3. The molecule has 1 atom stereocenters. The quantitative estimate of drug-likeness (QED) is 0.561. The van der Waals surface area contributed by atoms with Crippen LogP contribution in [0.5, 0.6) is 0 Å². The number of nitrogen functional groups attached to an aromatic ring is 1. The van der Waals surface area contributed by atoms with Crippen LogP contribution in [0.4, 0.5) is 17.6 Å². The van der Waals surface area contributed by atoms with Crippen molar-refractivity contribution in [2.75, 3.05) is 37.2 Å². The number of aromatic nitrogens is 3. The molecule has 32 heavy (non-hydrogen) atoms. The van der Waals surface area contributed by atoms with Crippen molar-refractivity contribution < 1.29 is 8.42 Å². The smallest absolute Gasteiger partial charge is 0.243 e. The number of nitrogens with zero attached hydrogens (tertiary/aromatic N) is 5. The van der Waals surface area contributed by atoms with Crippen molar-refractivity contribution in [1.82, 2.24) is 24.2 Å². The van der Waals surface area contributed by atoms with Crippen LogP contribution in [-0.2, 0) is 10.0 Å². The Morgan fingerprint density at radius 3 is 2.28 bits per heavy atom. The second kappa shape index (κ2) is 9.37. The summed E-state index contributed by atoms with van der Waals surface area (Å²) in [5, 5.41) is 3.63. The largest absolute Gasteiger partial charge is 0.368 e. The number of benzene rings is 2. The van der Waals surface area contributed by atoms with E-state index >= 15 is 0 Å². The predicted octanol–water partition coefficient (Wildman–Crippen LogP) is 2.92. The van der Waals surface area contributed by atoms with Gasteiger partial charge in [-0.1, -0.05) is 29.8 Å². The van der Waals surface area contributed by atoms with E-state index in [0.29, 0.717) is 43.0 Å². The van der Waals surface area contributed by atoms with Gasteiger partial charge in [0.25, 0.3) is 0 Å². The normalized spacial score (nSPS) is 16.6. The maximum absolute atomic E-state index is 12.9. The van der Waals surface area contributed by atoms with Gasteiger partial charge in [-0.15, -0.1) is 0 Å². The zero-order valence-corrected chi connectivity index (χ0v) is 19.1. The van der Waals surface area contributed by atoms with Gasteiger partial charge in [-0.25, -0.2) is 8.42 Å². The van der Waals surface area contributed by atoms with Gasteiger partial charge < -0.3 is 11.1 Å². The second-order valence-electron chi connectivity index (χ2n) is 7.44. The molecule has 1 fully saturated rings. The third-order valence-electron chi connectivity index (χ3n) is 5.35. The van der Waals surface area contributed by atoms with Gasteiger partial charge in [-0.05, 0) is 43.3 Å². The molecule has 1 unspecified atom stereocenters. The zero-order valence-electron chi connectivity index (χ0n) is 17.5. The third kappa shape index (κ3) is 4.99. The first-order valence-electron chi connectivity index (χ1n) is 10.2. The van der Waals surface area contributed by atoms with E-state index in [1.807, 2.05) is 37.3 Å². The Morgan fingerprint density at radius 2 is 1.62 bits per heavy atom. The summed E-state index contributed by atoms with van der Waals surface area (Å²) in [6, 6.07) is 15.6. The third-order valence-corrected chi connectivity index (χ3v) is 7.51. The lowest BCUT2D eigenvalue weighted by molar-refractivity contribution is 0.141. The van der Waals surface area contributed by atoms with Gasteiger partial charge in [0, 0.05) is 36.9 Å². The molecule has 2 heterocycles. The van der Waals surface area contributed by atoms with Gasteiger partial charge in [0.15, 0.2) is 5.82 Å². The number of para-hydroxylation sites is 1. The van der Waals surface area contributed by atoms with Crippen LogP contribution < -0.4 is 11.1 Å². The Balaban J connectivity index is 1.44. The van der Waals surface area contributed by atoms with Crippen LogP contribution in [0.2, 0.25) is 5.02 Å². The van der Waals surface area contributed by atoms with Crippen molar-refractivity contribution in [2.24, 2.45) is 0 Å². The second-order valence-corrected chi connectivity index (χ2v) is 9.81. The number of hydrogen-bond acceptors (Lipinski definition) is 8. The minimum absolute atomic E-state index is 0.129. The molecule has 1 aromatic heterocycles. The van der Waals surface area contributed by atoms with Gasteiger partial charge in [0.1, 0.15) is 0 Å². The predicted molar refractivity (Wildman–Crippen MR) is 124 cm³/mol. The number of rotatable bonds is 6. The molecule has 11 heteroatoms. The minimum atomic E-state index is -3.56. The van der Waals surface area contributed by atoms with Gasteiger partial charge in [0.2, 0.25) is 21.9 Å². The summed E-state index contributed by atoms with van der Waals surface area (Å²) in [4.78, 5) is 15.4. The van der Waals surface area contributed by atoms with E-state index in [1.165, 1.54) is 16.4 Å². The highest BCUT2D eigenvalue weighted by Gasteiger charge is 2.31. The maximum atomic E-state index is 12.9. The molecule has 1 aliphatic heterocycles. The van der Waals surface area contributed by atoms with Crippen LogP contribution in [0.25, 0.3) is 0 Å². The standard InChI is InChI=1S/C21H24ClN7O2S/c1-15(19-25-20(23)27-21(26-19)24-17-5-3-2-4-6-17)28-11-13-29(14-12-28)32(30,31)18-9-7-16(22)8-10-18/h2-10,15H,11-14H2,1H3,(H3,23,24,25,26,27). The summed E-state index contributed by atoms with van der Waals surface area (Å²) in [6.07, 6.45) is 0. The molecule has 0 amide bonds. The first kappa shape index (κ1) is 22.4. The lowest BCUT2D eigenvalue weighted by Gasteiger charge is -2.36. The van der Waals surface area contributed by atoms with Crippen LogP contribution >= 0.6 is 11.6 Å². The first-order chi connectivity index (χ1) is 15.3. The van der Waals surface area contributed by atoms with Crippen LogP contribution in [0.1, 0.15) is 18.8 Å². The molecule has 4 rings (SSSR count). The van der Waals surface area contributed by atoms with Crippen LogP contribution in [0.3, 0.4) is 0 Å². The highest BCUT2D eigenvalue weighted by Crippen LogP contribution is 2.24. The van der Waals surface area contributed by atoms with Crippen LogP contribution in [0.15, 0.2) is 59.5 Å². The topological polar surface area (TPSA) is 117 Å². The van der Waals surface area contributed by atoms with E-state index in [9.17, 15) is 8.42 Å². The van der Waals surface area contributed by atoms with E-state index < -0.39 is 10.0 Å². The Labute approximate surface area is 192 Å². The van der Waals surface area contributed by atoms with Crippen molar-refractivity contribution in [1.29, 1.82) is 0 Å². The summed E-state index contributed by atoms with van der Waals surface area (Å²) in [5.41, 5.74) is 6.76. The first-order valence-corrected chi connectivity index (χ1v) is 12.0. The van der Waals surface area contributed by atoms with E-state index in [-0.39, 0.29) is 16.9 Å². The summed E-state index contributed by atoms with van der Waals surface area (Å²) >= 11 is 5.88. The average Bonchev–Trinajstić information content (AvgIpc) is 2.79. The number of piperazine rings is 1. The molecule has 9 nitrogen and oxygen atoms in total. The van der Waals surface area contributed by atoms with Crippen molar-refractivity contribution >= 4 is 39.2 Å². The molecule has 0 saturated carbocycles. The number of sulfonamides is 1. The number of anilines is 3. The Morgan fingerprint density at radius 1 is 0.969 bits per heavy atom. The van der Waals surface area contributed by atoms with Crippen molar-refractivity contribution in [3.63, 3.8) is 0 Å². The van der Waals surface area contributed by atoms with Gasteiger partial charge in [-0.2, -0.15) is 19.3 Å². The molecule has 1 aliphatic rings. The summed E-state index contributed by atoms with van der Waals surface area (Å²) in [6.45, 7) is 3.79. The summed E-state index contributed by atoms with van der Waals surface area (Å²) in [7, 11) is -3.56. The molecule has 0 aliphatic carbocycles. The van der Waals surface area contributed by atoms with E-state index in [0.717, 1.165) is 5.69 Å². The number of halogens is 1. The zero-order chi connectivity index (χ0) is 22.7. The molecular formula is C21H24ClN7O2S. The monoisotopic (exact) mass is 473 g/mol. The lowest BCUT2D eigenvalue weighted by atomic mass is 10.2. The SMILES string of the molecule is CC(c1nc(N)nc(Nc2ccccc2)n1)N1CCN(S(=O)(=O)c2ccc(Cl)cc2)CC1. The molecule has 0 radical (unpaired) electrons. The van der Waals surface area contributed by atoms with Crippen LogP contribution in [-0.4, -0.2) is 58.8 Å². The molecule has 2 aromatic carbocycles. The molecule has 3 aromatic rings. The lowest BCUT2D eigenvalue weighted by Crippen LogP contribution is -2.49. The van der Waals surface area contributed by atoms with E-state index in [4.69, 9.17) is 17.3 Å². The van der Waals surface area contributed by atoms with Crippen LogP contribution in [0, 0.1) is 0 Å². The fourth-order valence-corrected chi connectivity index (χ4v) is 5.10. The molecule has 3 N–H and O–H groups in total. The molecule has 0 bridgehead atoms. The van der Waals surface area contributed by atoms with Crippen molar-refractivity contribution in [3.05, 3.63) is 65.4 Å². The molecule has 1 saturated heterocycles. The Hall–Kier alpha value is -2.79. The highest BCUT2D eigenvalue weighted by atomic mass is 35.5. The average molecular weight is 474 g/mol. The fraction of sp³-hybridized carbons (Fsp3) is 0.286. The number of hydrogen-bond donors (Lipinski definition) is 2. The Bertz CT molecular complexity index is 1170. The molecular weight excluding hydrogens is 450 g/mol. The Kier molecular flexibility index (Phi) is 6.56. The number of nitrogens with two attached hydrogens (primary N) is 1. The van der Waals surface area contributed by atoms with E-state index in [2.05, 4.69) is 25.2 Å². The molecule has 168 valence electrons. The van der Waals surface area contributed by atoms with Gasteiger partial charge in [-0.3, -0.25) is 4.90 Å². The van der Waals surface area contributed by atoms with E-state index in [1.54, 1.807) is 12.1 Å². The maximum Gasteiger partial charge on any atom is 0.243 e. The number of nitrogens with one attached hydrogen (secondary N) is 1. The minimum Gasteiger partial charge on any atom is -0.368 e. The highest BCUT2D eigenvalue weighted by molar-refractivity contribution is 7.89. The fourth-order valence-electron chi connectivity index (χ4n) is 3.55.